The van der Waals surface area contributed by atoms with Crippen LogP contribution in [-0.2, 0) is 27.9 Å². The van der Waals surface area contributed by atoms with Gasteiger partial charge in [-0.25, -0.2) is 9.18 Å². The van der Waals surface area contributed by atoms with Crippen LogP contribution in [-0.4, -0.2) is 41.4 Å². The first-order valence-electron chi connectivity index (χ1n) is 9.84. The van der Waals surface area contributed by atoms with Crippen LogP contribution in [0.1, 0.15) is 29.5 Å². The van der Waals surface area contributed by atoms with Crippen LogP contribution in [0, 0.1) is 5.82 Å². The Morgan fingerprint density at radius 3 is 2.35 bits per heavy atom. The van der Waals surface area contributed by atoms with Gasteiger partial charge in [0.1, 0.15) is 12.4 Å². The van der Waals surface area contributed by atoms with E-state index in [4.69, 9.17) is 9.47 Å². The fourth-order valence-electron chi connectivity index (χ4n) is 4.34. The van der Waals surface area contributed by atoms with Crippen LogP contribution in [0.3, 0.4) is 0 Å². The maximum absolute atomic E-state index is 14.1. The summed E-state index contributed by atoms with van der Waals surface area (Å²) in [6.07, 6.45) is -5.38. The molecule has 31 heavy (non-hydrogen) atoms. The van der Waals surface area contributed by atoms with E-state index in [2.05, 4.69) is 0 Å². The van der Waals surface area contributed by atoms with Gasteiger partial charge in [-0.3, -0.25) is 4.90 Å². The summed E-state index contributed by atoms with van der Waals surface area (Å²) in [7, 11) is 0. The quantitative estimate of drug-likeness (QED) is 0.728. The fraction of sp³-hybridized carbons (Fsp3) is 0.409. The predicted octanol–water partition coefficient (Wildman–Crippen LogP) is 4.23. The van der Waals surface area contributed by atoms with E-state index >= 15 is 0 Å². The van der Waals surface area contributed by atoms with Crippen molar-refractivity contribution in [1.29, 1.82) is 0 Å². The highest BCUT2D eigenvalue weighted by Crippen LogP contribution is 2.42. The van der Waals surface area contributed by atoms with E-state index in [9.17, 15) is 27.5 Å². The summed E-state index contributed by atoms with van der Waals surface area (Å²) in [5, 5.41) is 11.2. The molecule has 0 aromatic heterocycles. The largest absolute Gasteiger partial charge is 0.445 e. The van der Waals surface area contributed by atoms with Gasteiger partial charge >= 0.3 is 12.3 Å². The molecule has 2 aliphatic heterocycles. The number of morpholine rings is 1. The van der Waals surface area contributed by atoms with Gasteiger partial charge in [-0.15, -0.1) is 0 Å². The van der Waals surface area contributed by atoms with Crippen LogP contribution < -0.4 is 0 Å². The maximum Gasteiger partial charge on any atom is 0.419 e. The number of benzene rings is 2. The smallest absolute Gasteiger partial charge is 0.419 e. The number of ether oxygens (including phenoxy) is 2. The molecule has 0 aliphatic carbocycles. The van der Waals surface area contributed by atoms with Crippen LogP contribution in [0.2, 0.25) is 0 Å². The minimum absolute atomic E-state index is 0.00522. The van der Waals surface area contributed by atoms with E-state index < -0.39 is 41.3 Å². The molecule has 2 heterocycles. The van der Waals surface area contributed by atoms with Crippen LogP contribution in [0.25, 0.3) is 0 Å². The normalized spacial score (nSPS) is 25.9. The van der Waals surface area contributed by atoms with Gasteiger partial charge < -0.3 is 14.6 Å². The molecule has 0 radical (unpaired) electrons. The summed E-state index contributed by atoms with van der Waals surface area (Å²) in [5.41, 5.74) is -2.09. The number of aliphatic hydroxyl groups is 1. The lowest BCUT2D eigenvalue weighted by atomic mass is 9.77. The van der Waals surface area contributed by atoms with Crippen molar-refractivity contribution in [2.75, 3.05) is 13.2 Å². The first-order chi connectivity index (χ1) is 14.7. The van der Waals surface area contributed by atoms with E-state index in [1.54, 1.807) is 0 Å². The van der Waals surface area contributed by atoms with Gasteiger partial charge in [0.2, 0.25) is 0 Å². The van der Waals surface area contributed by atoms with Crippen molar-refractivity contribution >= 4 is 6.09 Å². The zero-order valence-electron chi connectivity index (χ0n) is 16.4. The lowest BCUT2D eigenvalue weighted by Gasteiger charge is -2.51. The lowest BCUT2D eigenvalue weighted by molar-refractivity contribution is -0.141. The maximum atomic E-state index is 14.1. The Kier molecular flexibility index (Phi) is 5.65. The number of fused-ring (bicyclic) bond motifs is 2. The number of halogens is 4. The van der Waals surface area contributed by atoms with Crippen LogP contribution >= 0.6 is 0 Å². The Morgan fingerprint density at radius 2 is 1.77 bits per heavy atom. The Bertz CT molecular complexity index is 936. The first-order valence-corrected chi connectivity index (χ1v) is 9.84. The highest BCUT2D eigenvalue weighted by atomic mass is 19.4. The van der Waals surface area contributed by atoms with Gasteiger partial charge in [-0.1, -0.05) is 36.4 Å². The van der Waals surface area contributed by atoms with Crippen molar-refractivity contribution in [3.05, 3.63) is 71.0 Å². The zero-order valence-corrected chi connectivity index (χ0v) is 16.4. The summed E-state index contributed by atoms with van der Waals surface area (Å²) < 4.78 is 63.6. The number of carbonyl (C=O) groups is 1. The van der Waals surface area contributed by atoms with Crippen molar-refractivity contribution in [3.8, 4) is 0 Å². The number of amides is 1. The van der Waals surface area contributed by atoms with Gasteiger partial charge in [0.15, 0.2) is 0 Å². The molecule has 2 aromatic rings. The topological polar surface area (TPSA) is 59.0 Å². The molecule has 4 rings (SSSR count). The molecule has 1 amide bonds. The number of hydrogen-bond acceptors (Lipinski definition) is 4. The monoisotopic (exact) mass is 439 g/mol. The van der Waals surface area contributed by atoms with E-state index in [1.165, 1.54) is 4.90 Å². The summed E-state index contributed by atoms with van der Waals surface area (Å²) in [6, 6.07) is 10.5. The average Bonchev–Trinajstić information content (AvgIpc) is 2.71. The second kappa shape index (κ2) is 8.12. The molecule has 9 heteroatoms. The molecular formula is C22H21F4NO4. The minimum Gasteiger partial charge on any atom is -0.445 e. The standard InChI is InChI=1S/C22H21F4NO4/c23-19-8-15(6-7-18(19)22(24,25)26)21(29)9-16-12-30-13-17(10-21)27(16)20(28)31-11-14-4-2-1-3-5-14/h1-8,16-17,29H,9-13H2. The van der Waals surface area contributed by atoms with E-state index in [1.807, 2.05) is 30.3 Å². The van der Waals surface area contributed by atoms with Gasteiger partial charge in [-0.2, -0.15) is 13.2 Å². The van der Waals surface area contributed by atoms with Crippen molar-refractivity contribution in [2.24, 2.45) is 0 Å². The molecule has 1 N–H and O–H groups in total. The van der Waals surface area contributed by atoms with Crippen molar-refractivity contribution < 1.29 is 36.9 Å². The minimum atomic E-state index is -4.82. The molecule has 2 saturated heterocycles. The molecule has 2 aromatic carbocycles. The van der Waals surface area contributed by atoms with Crippen molar-refractivity contribution in [1.82, 2.24) is 4.90 Å². The Labute approximate surface area is 176 Å². The molecule has 0 spiro atoms. The van der Waals surface area contributed by atoms with E-state index in [0.717, 1.165) is 17.7 Å². The molecule has 2 fully saturated rings. The molecule has 2 atom stereocenters. The summed E-state index contributed by atoms with van der Waals surface area (Å²) >= 11 is 0. The third kappa shape index (κ3) is 4.38. The molecule has 0 saturated carbocycles. The summed E-state index contributed by atoms with van der Waals surface area (Å²) in [5.74, 6) is -1.44. The van der Waals surface area contributed by atoms with Gasteiger partial charge in [-0.05, 0) is 23.3 Å². The molecule has 2 unspecified atom stereocenters. The molecule has 166 valence electrons. The summed E-state index contributed by atoms with van der Waals surface area (Å²) in [6.45, 7) is 0.371. The highest BCUT2D eigenvalue weighted by molar-refractivity contribution is 5.69. The van der Waals surface area contributed by atoms with Crippen LogP contribution in [0.4, 0.5) is 22.4 Å². The van der Waals surface area contributed by atoms with E-state index in [-0.39, 0.29) is 38.2 Å². The molecule has 5 nitrogen and oxygen atoms in total. The summed E-state index contributed by atoms with van der Waals surface area (Å²) in [4.78, 5) is 14.2. The fourth-order valence-corrected chi connectivity index (χ4v) is 4.34. The Morgan fingerprint density at radius 1 is 1.13 bits per heavy atom. The number of nitrogens with zero attached hydrogens (tertiary/aromatic N) is 1. The SMILES string of the molecule is O=C(OCc1ccccc1)N1C2COCC1CC(O)(c1ccc(C(F)(F)F)c(F)c1)C2. The average molecular weight is 439 g/mol. The van der Waals surface area contributed by atoms with Crippen LogP contribution in [0.15, 0.2) is 48.5 Å². The first kappa shape index (κ1) is 21.6. The van der Waals surface area contributed by atoms with Crippen molar-refractivity contribution in [3.63, 3.8) is 0 Å². The number of carbonyl (C=O) groups excluding carboxylic acids is 1. The lowest BCUT2D eigenvalue weighted by Crippen LogP contribution is -2.62. The number of rotatable bonds is 3. The second-order valence-corrected chi connectivity index (χ2v) is 7.92. The predicted molar refractivity (Wildman–Crippen MR) is 101 cm³/mol. The van der Waals surface area contributed by atoms with Gasteiger partial charge in [0.05, 0.1) is 36.5 Å². The number of piperidine rings is 1. The van der Waals surface area contributed by atoms with Gasteiger partial charge in [0.25, 0.3) is 0 Å². The number of hydrogen-bond donors (Lipinski definition) is 1. The molecule has 2 bridgehead atoms. The third-order valence-corrected chi connectivity index (χ3v) is 5.78. The molecular weight excluding hydrogens is 418 g/mol. The Balaban J connectivity index is 1.51. The van der Waals surface area contributed by atoms with Crippen LogP contribution in [0.5, 0.6) is 0 Å². The number of alkyl halides is 3. The highest BCUT2D eigenvalue weighted by Gasteiger charge is 2.50. The zero-order chi connectivity index (χ0) is 22.2. The van der Waals surface area contributed by atoms with Gasteiger partial charge in [0, 0.05) is 12.8 Å². The van der Waals surface area contributed by atoms with E-state index in [0.29, 0.717) is 6.07 Å². The second-order valence-electron chi connectivity index (χ2n) is 7.92. The third-order valence-electron chi connectivity index (χ3n) is 5.78. The molecule has 2 aliphatic rings. The van der Waals surface area contributed by atoms with Crippen molar-refractivity contribution in [2.45, 2.75) is 43.3 Å². The Hall–Kier alpha value is -2.65.